The van der Waals surface area contributed by atoms with Gasteiger partial charge in [-0.1, -0.05) is 33.6 Å². The van der Waals surface area contributed by atoms with Gasteiger partial charge in [-0.05, 0) is 31.2 Å². The van der Waals surface area contributed by atoms with Crippen LogP contribution in [-0.4, -0.2) is 0 Å². The van der Waals surface area contributed by atoms with Gasteiger partial charge in [0.1, 0.15) is 6.54 Å². The summed E-state index contributed by atoms with van der Waals surface area (Å²) in [7, 11) is 0. The molecular formula is C16H28N+. The highest BCUT2D eigenvalue weighted by Crippen LogP contribution is 2.13. The van der Waals surface area contributed by atoms with Gasteiger partial charge in [0.05, 0.1) is 0 Å². The summed E-state index contributed by atoms with van der Waals surface area (Å²) in [5.74, 6) is 0. The predicted molar refractivity (Wildman–Crippen MR) is 74.2 cm³/mol. The molecule has 1 aromatic heterocycles. The predicted octanol–water partition coefficient (Wildman–Crippen LogP) is 4.07. The fourth-order valence-corrected chi connectivity index (χ4v) is 2.22. The van der Waals surface area contributed by atoms with Gasteiger partial charge in [0.2, 0.25) is 0 Å². The van der Waals surface area contributed by atoms with Gasteiger partial charge >= 0.3 is 0 Å². The molecule has 0 fully saturated rings. The second kappa shape index (κ2) is 8.27. The minimum Gasteiger partial charge on any atom is -0.205 e. The number of unbranched alkanes of at least 4 members (excludes halogenated alkanes) is 2. The molecule has 1 heterocycles. The normalized spacial score (nSPS) is 10.8. The maximum Gasteiger partial charge on any atom is 0.172 e. The highest BCUT2D eigenvalue weighted by molar-refractivity contribution is 5.21. The van der Waals surface area contributed by atoms with Gasteiger partial charge in [-0.3, -0.25) is 0 Å². The van der Waals surface area contributed by atoms with Crippen LogP contribution < -0.4 is 4.57 Å². The Morgan fingerprint density at radius 3 is 2.12 bits per heavy atom. The smallest absolute Gasteiger partial charge is 0.172 e. The second-order valence-electron chi connectivity index (χ2n) is 4.94. The molecular weight excluding hydrogens is 206 g/mol. The van der Waals surface area contributed by atoms with Crippen LogP contribution in [0.5, 0.6) is 0 Å². The number of nitrogens with zero attached hydrogens (tertiary/aromatic N) is 1. The lowest BCUT2D eigenvalue weighted by molar-refractivity contribution is -0.697. The first-order chi connectivity index (χ1) is 8.31. The van der Waals surface area contributed by atoms with Gasteiger partial charge in [0.15, 0.2) is 12.4 Å². The Balaban J connectivity index is 2.78. The molecule has 0 aromatic carbocycles. The molecule has 1 rings (SSSR count). The molecule has 0 amide bonds. The van der Waals surface area contributed by atoms with Crippen molar-refractivity contribution in [1.29, 1.82) is 0 Å². The second-order valence-corrected chi connectivity index (χ2v) is 4.94. The number of aryl methyl sites for hydroxylation is 3. The first-order valence-electron chi connectivity index (χ1n) is 7.32. The van der Waals surface area contributed by atoms with Gasteiger partial charge in [0.25, 0.3) is 0 Å². The van der Waals surface area contributed by atoms with E-state index in [2.05, 4.69) is 43.8 Å². The maximum absolute atomic E-state index is 2.38. The highest BCUT2D eigenvalue weighted by Gasteiger charge is 2.08. The third kappa shape index (κ3) is 4.89. The molecule has 1 nitrogen and oxygen atoms in total. The third-order valence-electron chi connectivity index (χ3n) is 3.28. The molecule has 0 atom stereocenters. The Morgan fingerprint density at radius 1 is 0.882 bits per heavy atom. The van der Waals surface area contributed by atoms with Crippen LogP contribution in [0.1, 0.15) is 64.0 Å². The van der Waals surface area contributed by atoms with E-state index in [1.54, 1.807) is 11.1 Å². The molecule has 0 N–H and O–H groups in total. The lowest BCUT2D eigenvalue weighted by Gasteiger charge is -2.07. The summed E-state index contributed by atoms with van der Waals surface area (Å²) in [4.78, 5) is 0. The van der Waals surface area contributed by atoms with E-state index in [-0.39, 0.29) is 0 Å². The lowest BCUT2D eigenvalue weighted by Crippen LogP contribution is -2.33. The monoisotopic (exact) mass is 234 g/mol. The maximum atomic E-state index is 2.38. The minimum atomic E-state index is 1.15. The molecule has 0 aliphatic carbocycles. The average Bonchev–Trinajstić information content (AvgIpc) is 2.35. The Labute approximate surface area is 107 Å². The average molecular weight is 234 g/mol. The fraction of sp³-hybridized carbons (Fsp3) is 0.688. The Morgan fingerprint density at radius 2 is 1.53 bits per heavy atom. The van der Waals surface area contributed by atoms with Crippen LogP contribution in [0.15, 0.2) is 18.5 Å². The molecule has 0 saturated carbocycles. The van der Waals surface area contributed by atoms with Gasteiger partial charge in [-0.2, -0.15) is 0 Å². The standard InChI is InChI=1S/C16H28N/c1-4-7-9-15-11-13-17(12-6-3)14-16(15)10-8-5-2/h11,13-14H,4-10,12H2,1-3H3/q+1. The molecule has 0 spiro atoms. The van der Waals surface area contributed by atoms with Crippen molar-refractivity contribution >= 4 is 0 Å². The summed E-state index contributed by atoms with van der Waals surface area (Å²) >= 11 is 0. The van der Waals surface area contributed by atoms with E-state index in [0.717, 1.165) is 6.54 Å². The Bertz CT molecular complexity index is 317. The van der Waals surface area contributed by atoms with Gasteiger partial charge in [-0.15, -0.1) is 0 Å². The van der Waals surface area contributed by atoms with Crippen LogP contribution in [0.2, 0.25) is 0 Å². The molecule has 0 unspecified atom stereocenters. The first-order valence-corrected chi connectivity index (χ1v) is 7.32. The van der Waals surface area contributed by atoms with Crippen LogP contribution in [0.25, 0.3) is 0 Å². The van der Waals surface area contributed by atoms with Gasteiger partial charge < -0.3 is 0 Å². The molecule has 1 aromatic rings. The van der Waals surface area contributed by atoms with Gasteiger partial charge in [0, 0.05) is 18.1 Å². The fourth-order valence-electron chi connectivity index (χ4n) is 2.22. The molecule has 96 valence electrons. The molecule has 1 heteroatoms. The van der Waals surface area contributed by atoms with E-state index < -0.39 is 0 Å². The zero-order valence-corrected chi connectivity index (χ0v) is 11.8. The minimum absolute atomic E-state index is 1.15. The molecule has 0 bridgehead atoms. The molecule has 17 heavy (non-hydrogen) atoms. The summed E-state index contributed by atoms with van der Waals surface area (Å²) in [6.07, 6.45) is 13.6. The van der Waals surface area contributed by atoms with Crippen molar-refractivity contribution in [3.8, 4) is 0 Å². The zero-order valence-electron chi connectivity index (χ0n) is 11.8. The van der Waals surface area contributed by atoms with Crippen molar-refractivity contribution in [3.05, 3.63) is 29.6 Å². The third-order valence-corrected chi connectivity index (χ3v) is 3.28. The number of rotatable bonds is 8. The van der Waals surface area contributed by atoms with E-state index >= 15 is 0 Å². The molecule has 0 aliphatic rings. The van der Waals surface area contributed by atoms with Crippen LogP contribution >= 0.6 is 0 Å². The van der Waals surface area contributed by atoms with Crippen LogP contribution in [0, 0.1) is 0 Å². The summed E-state index contributed by atoms with van der Waals surface area (Å²) in [6.45, 7) is 7.93. The summed E-state index contributed by atoms with van der Waals surface area (Å²) in [5.41, 5.74) is 3.16. The number of pyridine rings is 1. The van der Waals surface area contributed by atoms with Crippen LogP contribution in [-0.2, 0) is 19.4 Å². The Kier molecular flexibility index (Phi) is 6.91. The van der Waals surface area contributed by atoms with E-state index in [1.807, 2.05) is 0 Å². The van der Waals surface area contributed by atoms with Crippen molar-refractivity contribution in [2.24, 2.45) is 0 Å². The number of aromatic nitrogens is 1. The molecule has 0 saturated heterocycles. The molecule has 0 aliphatic heterocycles. The quantitative estimate of drug-likeness (QED) is 0.597. The highest BCUT2D eigenvalue weighted by atomic mass is 14.9. The van der Waals surface area contributed by atoms with Crippen LogP contribution in [0.3, 0.4) is 0 Å². The number of hydrogen-bond donors (Lipinski definition) is 0. The van der Waals surface area contributed by atoms with E-state index in [9.17, 15) is 0 Å². The topological polar surface area (TPSA) is 3.88 Å². The Hall–Kier alpha value is -0.850. The largest absolute Gasteiger partial charge is 0.205 e. The van der Waals surface area contributed by atoms with Crippen LogP contribution in [0.4, 0.5) is 0 Å². The van der Waals surface area contributed by atoms with Crippen molar-refractivity contribution in [1.82, 2.24) is 0 Å². The lowest BCUT2D eigenvalue weighted by atomic mass is 10.00. The SMILES string of the molecule is CCCCc1cc[n+](CCC)cc1CCCC. The summed E-state index contributed by atoms with van der Waals surface area (Å²) < 4.78 is 2.35. The summed E-state index contributed by atoms with van der Waals surface area (Å²) in [5, 5.41) is 0. The molecule has 0 radical (unpaired) electrons. The van der Waals surface area contributed by atoms with E-state index in [0.29, 0.717) is 0 Å². The van der Waals surface area contributed by atoms with E-state index in [1.165, 1.54) is 44.9 Å². The first kappa shape index (κ1) is 14.2. The zero-order chi connectivity index (χ0) is 12.5. The summed E-state index contributed by atoms with van der Waals surface area (Å²) in [6, 6.07) is 2.34. The van der Waals surface area contributed by atoms with E-state index in [4.69, 9.17) is 0 Å². The number of hydrogen-bond acceptors (Lipinski definition) is 0. The van der Waals surface area contributed by atoms with Crippen molar-refractivity contribution < 1.29 is 4.57 Å². The van der Waals surface area contributed by atoms with Crippen molar-refractivity contribution in [2.45, 2.75) is 72.3 Å². The van der Waals surface area contributed by atoms with Crippen molar-refractivity contribution in [3.63, 3.8) is 0 Å². The van der Waals surface area contributed by atoms with Crippen molar-refractivity contribution in [2.75, 3.05) is 0 Å². The van der Waals surface area contributed by atoms with Gasteiger partial charge in [-0.25, -0.2) is 4.57 Å².